The number of fused-ring (bicyclic) bond motifs is 1. The summed E-state index contributed by atoms with van der Waals surface area (Å²) in [6.45, 7) is 0.606. The molecular formula is C17H19N5O4. The third kappa shape index (κ3) is 4.13. The first kappa shape index (κ1) is 17.8. The van der Waals surface area contributed by atoms with Gasteiger partial charge in [-0.25, -0.2) is 15.1 Å². The van der Waals surface area contributed by atoms with Crippen molar-refractivity contribution in [2.75, 3.05) is 13.7 Å². The molecule has 0 bridgehead atoms. The normalized spacial score (nSPS) is 12.7. The molecule has 3 rings (SSSR count). The summed E-state index contributed by atoms with van der Waals surface area (Å²) in [7, 11) is 1.65. The Labute approximate surface area is 149 Å². The number of aromatic nitrogens is 4. The first-order chi connectivity index (χ1) is 12.7. The van der Waals surface area contributed by atoms with Crippen molar-refractivity contribution in [2.45, 2.75) is 18.9 Å². The number of hydroxylamine groups is 1. The Bertz CT molecular complexity index is 868. The maximum atomic E-state index is 11.1. The highest BCUT2D eigenvalue weighted by Gasteiger charge is 2.21. The molecule has 1 unspecified atom stereocenters. The number of nitrogens with one attached hydrogen (secondary N) is 1. The highest BCUT2D eigenvalue weighted by atomic mass is 16.5. The Balaban J connectivity index is 1.87. The predicted octanol–water partition coefficient (Wildman–Crippen LogP) is 1.95. The molecule has 26 heavy (non-hydrogen) atoms. The number of rotatable bonds is 8. The van der Waals surface area contributed by atoms with Crippen LogP contribution in [0.3, 0.4) is 0 Å². The third-order valence-corrected chi connectivity index (χ3v) is 3.78. The fourth-order valence-electron chi connectivity index (χ4n) is 2.54. The van der Waals surface area contributed by atoms with Crippen LogP contribution in [0.15, 0.2) is 41.0 Å². The molecule has 0 spiro atoms. The van der Waals surface area contributed by atoms with E-state index in [1.54, 1.807) is 18.0 Å². The van der Waals surface area contributed by atoms with Crippen LogP contribution in [-0.2, 0) is 9.53 Å². The number of methoxy groups -OCH3 is 1. The maximum absolute atomic E-state index is 11.1. The number of nitrogens with zero attached hydrogens (tertiary/aromatic N) is 4. The summed E-state index contributed by atoms with van der Waals surface area (Å²) in [6, 6.07) is 7.29. The minimum atomic E-state index is -0.643. The zero-order valence-corrected chi connectivity index (χ0v) is 14.2. The van der Waals surface area contributed by atoms with Gasteiger partial charge in [-0.1, -0.05) is 17.3 Å². The molecule has 9 heteroatoms. The van der Waals surface area contributed by atoms with Gasteiger partial charge in [0.05, 0.1) is 6.20 Å². The van der Waals surface area contributed by atoms with E-state index in [4.69, 9.17) is 14.4 Å². The molecule has 2 heterocycles. The van der Waals surface area contributed by atoms with E-state index >= 15 is 0 Å². The number of carbonyl (C=O) groups is 1. The molecule has 3 aromatic rings. The van der Waals surface area contributed by atoms with Gasteiger partial charge in [0, 0.05) is 19.8 Å². The SMILES string of the molecule is COCCCC(c1nc2ccccc2o1)n1cc(C=CC(=O)NO)nn1. The van der Waals surface area contributed by atoms with Gasteiger partial charge >= 0.3 is 0 Å². The highest BCUT2D eigenvalue weighted by Crippen LogP contribution is 2.26. The average Bonchev–Trinajstić information content (AvgIpc) is 3.30. The molecule has 0 saturated carbocycles. The Morgan fingerprint density at radius 1 is 1.46 bits per heavy atom. The first-order valence-corrected chi connectivity index (χ1v) is 8.09. The Morgan fingerprint density at radius 3 is 3.08 bits per heavy atom. The van der Waals surface area contributed by atoms with Crippen LogP contribution in [0, 0.1) is 0 Å². The zero-order chi connectivity index (χ0) is 18.4. The summed E-state index contributed by atoms with van der Waals surface area (Å²) in [4.78, 5) is 15.6. The molecule has 136 valence electrons. The van der Waals surface area contributed by atoms with E-state index in [1.165, 1.54) is 11.6 Å². The van der Waals surface area contributed by atoms with Gasteiger partial charge < -0.3 is 9.15 Å². The number of hydrogen-bond donors (Lipinski definition) is 2. The van der Waals surface area contributed by atoms with E-state index in [1.807, 2.05) is 24.3 Å². The fraction of sp³-hybridized carbons (Fsp3) is 0.294. The van der Waals surface area contributed by atoms with Gasteiger partial charge in [0.2, 0.25) is 5.89 Å². The quantitative estimate of drug-likeness (QED) is 0.274. The highest BCUT2D eigenvalue weighted by molar-refractivity contribution is 5.90. The van der Waals surface area contributed by atoms with Crippen molar-refractivity contribution >= 4 is 23.1 Å². The van der Waals surface area contributed by atoms with Crippen LogP contribution in [-0.4, -0.2) is 44.8 Å². The molecule has 0 aliphatic rings. The monoisotopic (exact) mass is 357 g/mol. The summed E-state index contributed by atoms with van der Waals surface area (Å²) in [5.74, 6) is -0.106. The van der Waals surface area contributed by atoms with E-state index in [0.717, 1.165) is 18.0 Å². The van der Waals surface area contributed by atoms with Crippen LogP contribution in [0.4, 0.5) is 0 Å². The minimum absolute atomic E-state index is 0.251. The molecule has 0 saturated heterocycles. The standard InChI is InChI=1S/C17H19N5O4/c1-25-10-4-6-14(17-18-13-5-2-3-7-15(13)26-17)22-11-12(19-21-22)8-9-16(23)20-24/h2-3,5,7-9,11,14,24H,4,6,10H2,1H3,(H,20,23). The summed E-state index contributed by atoms with van der Waals surface area (Å²) < 4.78 is 12.7. The Morgan fingerprint density at radius 2 is 2.31 bits per heavy atom. The molecule has 0 radical (unpaired) electrons. The van der Waals surface area contributed by atoms with Crippen molar-refractivity contribution in [3.05, 3.63) is 48.1 Å². The molecule has 0 aliphatic heterocycles. The number of hydrogen-bond acceptors (Lipinski definition) is 7. The van der Waals surface area contributed by atoms with Gasteiger partial charge in [0.15, 0.2) is 5.58 Å². The van der Waals surface area contributed by atoms with E-state index in [-0.39, 0.29) is 6.04 Å². The van der Waals surface area contributed by atoms with Crippen LogP contribution < -0.4 is 5.48 Å². The lowest BCUT2D eigenvalue weighted by atomic mass is 10.1. The molecule has 1 aromatic carbocycles. The van der Waals surface area contributed by atoms with Crippen LogP contribution in [0.1, 0.15) is 30.5 Å². The van der Waals surface area contributed by atoms with Crippen molar-refractivity contribution in [3.8, 4) is 0 Å². The smallest absolute Gasteiger partial charge is 0.267 e. The zero-order valence-electron chi connectivity index (χ0n) is 14.2. The summed E-state index contributed by atoms with van der Waals surface area (Å²) in [5.41, 5.74) is 3.48. The molecule has 0 fully saturated rings. The number of ether oxygens (including phenoxy) is 1. The molecule has 0 aliphatic carbocycles. The maximum Gasteiger partial charge on any atom is 0.267 e. The second kappa shape index (κ2) is 8.37. The van der Waals surface area contributed by atoms with Crippen molar-refractivity contribution in [2.24, 2.45) is 0 Å². The van der Waals surface area contributed by atoms with Crippen LogP contribution >= 0.6 is 0 Å². The van der Waals surface area contributed by atoms with Gasteiger partial charge in [0.25, 0.3) is 5.91 Å². The van der Waals surface area contributed by atoms with E-state index < -0.39 is 5.91 Å². The Hall–Kier alpha value is -3.04. The molecular weight excluding hydrogens is 338 g/mol. The average molecular weight is 357 g/mol. The second-order valence-electron chi connectivity index (χ2n) is 5.60. The van der Waals surface area contributed by atoms with E-state index in [2.05, 4.69) is 15.3 Å². The van der Waals surface area contributed by atoms with E-state index in [0.29, 0.717) is 30.2 Å². The van der Waals surface area contributed by atoms with E-state index in [9.17, 15) is 4.79 Å². The molecule has 2 N–H and O–H groups in total. The minimum Gasteiger partial charge on any atom is -0.438 e. The van der Waals surface area contributed by atoms with Crippen LogP contribution in [0.25, 0.3) is 17.2 Å². The lowest BCUT2D eigenvalue weighted by Gasteiger charge is -2.12. The lowest BCUT2D eigenvalue weighted by molar-refractivity contribution is -0.124. The van der Waals surface area contributed by atoms with Crippen molar-refractivity contribution in [1.82, 2.24) is 25.5 Å². The molecule has 1 atom stereocenters. The molecule has 2 aromatic heterocycles. The number of para-hydroxylation sites is 2. The fourth-order valence-corrected chi connectivity index (χ4v) is 2.54. The third-order valence-electron chi connectivity index (χ3n) is 3.78. The van der Waals surface area contributed by atoms with Gasteiger partial charge in [-0.2, -0.15) is 0 Å². The Kier molecular flexibility index (Phi) is 5.72. The van der Waals surface area contributed by atoms with Gasteiger partial charge in [-0.15, -0.1) is 5.10 Å². The number of oxazole rings is 1. The number of amides is 1. The first-order valence-electron chi connectivity index (χ1n) is 8.09. The summed E-state index contributed by atoms with van der Waals surface area (Å²) in [6.07, 6.45) is 5.79. The van der Waals surface area contributed by atoms with Crippen molar-refractivity contribution < 1.29 is 19.2 Å². The van der Waals surface area contributed by atoms with Gasteiger partial charge in [0.1, 0.15) is 17.3 Å². The van der Waals surface area contributed by atoms with Crippen molar-refractivity contribution in [3.63, 3.8) is 0 Å². The van der Waals surface area contributed by atoms with Gasteiger partial charge in [-0.05, 0) is 31.1 Å². The van der Waals surface area contributed by atoms with Crippen molar-refractivity contribution in [1.29, 1.82) is 0 Å². The van der Waals surface area contributed by atoms with Gasteiger partial charge in [-0.3, -0.25) is 10.0 Å². The summed E-state index contributed by atoms with van der Waals surface area (Å²) >= 11 is 0. The lowest BCUT2D eigenvalue weighted by Crippen LogP contribution is -2.14. The van der Waals surface area contributed by atoms with Crippen LogP contribution in [0.5, 0.6) is 0 Å². The predicted molar refractivity (Wildman–Crippen MR) is 92.2 cm³/mol. The topological polar surface area (TPSA) is 115 Å². The molecule has 9 nitrogen and oxygen atoms in total. The number of carbonyl (C=O) groups excluding carboxylic acids is 1. The molecule has 1 amide bonds. The largest absolute Gasteiger partial charge is 0.438 e. The number of benzene rings is 1. The second-order valence-corrected chi connectivity index (χ2v) is 5.60. The van der Waals surface area contributed by atoms with Crippen LogP contribution in [0.2, 0.25) is 0 Å². The summed E-state index contributed by atoms with van der Waals surface area (Å²) in [5, 5.41) is 16.7.